The zero-order chi connectivity index (χ0) is 14.5. The van der Waals surface area contributed by atoms with E-state index in [1.54, 1.807) is 7.11 Å². The van der Waals surface area contributed by atoms with Gasteiger partial charge in [-0.05, 0) is 49.5 Å². The van der Waals surface area contributed by atoms with Crippen molar-refractivity contribution < 1.29 is 9.53 Å². The summed E-state index contributed by atoms with van der Waals surface area (Å²) in [6.07, 6.45) is 10.1. The van der Waals surface area contributed by atoms with Gasteiger partial charge in [-0.25, -0.2) is 0 Å². The Morgan fingerprint density at radius 3 is 2.33 bits per heavy atom. The Labute approximate surface area is 135 Å². The summed E-state index contributed by atoms with van der Waals surface area (Å²) in [6.45, 7) is 2.26. The molecule has 1 amide bonds. The van der Waals surface area contributed by atoms with Gasteiger partial charge in [-0.2, -0.15) is 0 Å². The summed E-state index contributed by atoms with van der Waals surface area (Å²) in [5.41, 5.74) is 6.35. The minimum atomic E-state index is 0. The van der Waals surface area contributed by atoms with Crippen LogP contribution >= 0.6 is 12.4 Å². The third kappa shape index (κ3) is 5.42. The van der Waals surface area contributed by atoms with Crippen molar-refractivity contribution in [2.75, 3.05) is 26.8 Å². The van der Waals surface area contributed by atoms with Gasteiger partial charge in [0.2, 0.25) is 5.91 Å². The van der Waals surface area contributed by atoms with Gasteiger partial charge in [0, 0.05) is 26.7 Å². The molecule has 2 aliphatic rings. The number of nitrogens with one attached hydrogen (secondary N) is 1. The fraction of sp³-hybridized carbons (Fsp3) is 0.938. The zero-order valence-corrected chi connectivity index (χ0v) is 14.1. The van der Waals surface area contributed by atoms with Crippen molar-refractivity contribution in [3.63, 3.8) is 0 Å². The number of nitrogens with two attached hydrogens (primary N) is 1. The second kappa shape index (κ2) is 8.35. The summed E-state index contributed by atoms with van der Waals surface area (Å²) in [4.78, 5) is 12.2. The van der Waals surface area contributed by atoms with Crippen molar-refractivity contribution in [2.45, 2.75) is 57.8 Å². The number of hydrogen-bond donors (Lipinski definition) is 2. The molecule has 2 rings (SSSR count). The van der Waals surface area contributed by atoms with Gasteiger partial charge in [0.25, 0.3) is 0 Å². The number of ether oxygens (including phenoxy) is 1. The molecule has 3 N–H and O–H groups in total. The second-order valence-corrected chi connectivity index (χ2v) is 6.96. The monoisotopic (exact) mass is 318 g/mol. The first-order valence-electron chi connectivity index (χ1n) is 8.09. The number of amides is 1. The van der Waals surface area contributed by atoms with E-state index in [1.807, 2.05) is 0 Å². The van der Waals surface area contributed by atoms with Crippen LogP contribution in [-0.4, -0.2) is 32.7 Å². The van der Waals surface area contributed by atoms with Gasteiger partial charge in [0.05, 0.1) is 0 Å². The van der Waals surface area contributed by atoms with Crippen molar-refractivity contribution in [1.29, 1.82) is 0 Å². The summed E-state index contributed by atoms with van der Waals surface area (Å²) < 4.78 is 5.15. The topological polar surface area (TPSA) is 64.3 Å². The maximum atomic E-state index is 12.2. The average Bonchev–Trinajstić information content (AvgIpc) is 3.25. The number of hydrogen-bond acceptors (Lipinski definition) is 3. The lowest BCUT2D eigenvalue weighted by Gasteiger charge is -2.35. The van der Waals surface area contributed by atoms with Gasteiger partial charge < -0.3 is 15.8 Å². The highest BCUT2D eigenvalue weighted by Crippen LogP contribution is 2.48. The molecule has 0 aromatic heterocycles. The molecule has 21 heavy (non-hydrogen) atoms. The highest BCUT2D eigenvalue weighted by atomic mass is 35.5. The maximum absolute atomic E-state index is 12.2. The van der Waals surface area contributed by atoms with Crippen LogP contribution in [0.4, 0.5) is 0 Å². The SMILES string of the molecule is COCCC1(CNC(=O)CC2(CN)CCCCC2)CC1.Cl. The molecule has 2 aliphatic carbocycles. The predicted molar refractivity (Wildman–Crippen MR) is 87.6 cm³/mol. The van der Waals surface area contributed by atoms with Crippen LogP contribution in [0.1, 0.15) is 57.8 Å². The third-order valence-corrected chi connectivity index (χ3v) is 5.34. The molecule has 0 saturated heterocycles. The van der Waals surface area contributed by atoms with Crippen LogP contribution in [0, 0.1) is 10.8 Å². The molecule has 5 heteroatoms. The fourth-order valence-electron chi connectivity index (χ4n) is 3.45. The summed E-state index contributed by atoms with van der Waals surface area (Å²) in [7, 11) is 1.74. The summed E-state index contributed by atoms with van der Waals surface area (Å²) in [5.74, 6) is 0.195. The Bertz CT molecular complexity index is 326. The summed E-state index contributed by atoms with van der Waals surface area (Å²) >= 11 is 0. The van der Waals surface area contributed by atoms with Gasteiger partial charge in [-0.1, -0.05) is 19.3 Å². The largest absolute Gasteiger partial charge is 0.385 e. The standard InChI is InChI=1S/C16H30N2O2.ClH/c1-20-10-9-15(7-8-15)13-18-14(19)11-16(12-17)5-3-2-4-6-16;/h2-13,17H2,1H3,(H,18,19);1H. The Morgan fingerprint density at radius 1 is 1.14 bits per heavy atom. The Kier molecular flexibility index (Phi) is 7.45. The van der Waals surface area contributed by atoms with Crippen molar-refractivity contribution in [2.24, 2.45) is 16.6 Å². The van der Waals surface area contributed by atoms with E-state index in [0.717, 1.165) is 32.4 Å². The highest BCUT2D eigenvalue weighted by molar-refractivity contribution is 5.85. The Balaban J connectivity index is 0.00000220. The molecule has 0 spiro atoms. The lowest BCUT2D eigenvalue weighted by Crippen LogP contribution is -2.40. The minimum absolute atomic E-state index is 0. The van der Waals surface area contributed by atoms with Gasteiger partial charge in [-0.3, -0.25) is 4.79 Å². The third-order valence-electron chi connectivity index (χ3n) is 5.34. The van der Waals surface area contributed by atoms with Crippen LogP contribution in [0.25, 0.3) is 0 Å². The normalized spacial score (nSPS) is 22.2. The molecular formula is C16H31ClN2O2. The van der Waals surface area contributed by atoms with Crippen LogP contribution < -0.4 is 11.1 Å². The van der Waals surface area contributed by atoms with E-state index in [1.165, 1.54) is 32.1 Å². The predicted octanol–water partition coefficient (Wildman–Crippen LogP) is 2.64. The summed E-state index contributed by atoms with van der Waals surface area (Å²) in [6, 6.07) is 0. The molecule has 0 aromatic carbocycles. The molecule has 2 fully saturated rings. The highest BCUT2D eigenvalue weighted by Gasteiger charge is 2.42. The van der Waals surface area contributed by atoms with Gasteiger partial charge >= 0.3 is 0 Å². The van der Waals surface area contributed by atoms with Crippen molar-refractivity contribution in [1.82, 2.24) is 5.32 Å². The van der Waals surface area contributed by atoms with E-state index < -0.39 is 0 Å². The summed E-state index contributed by atoms with van der Waals surface area (Å²) in [5, 5.41) is 3.15. The molecule has 0 bridgehead atoms. The quantitative estimate of drug-likeness (QED) is 0.723. The van der Waals surface area contributed by atoms with Crippen LogP contribution in [-0.2, 0) is 9.53 Å². The van der Waals surface area contributed by atoms with Gasteiger partial charge in [0.1, 0.15) is 0 Å². The lowest BCUT2D eigenvalue weighted by molar-refractivity contribution is -0.124. The van der Waals surface area contributed by atoms with E-state index in [9.17, 15) is 4.79 Å². The first-order valence-corrected chi connectivity index (χ1v) is 8.09. The maximum Gasteiger partial charge on any atom is 0.220 e. The number of rotatable bonds is 8. The minimum Gasteiger partial charge on any atom is -0.385 e. The van der Waals surface area contributed by atoms with E-state index >= 15 is 0 Å². The van der Waals surface area contributed by atoms with Crippen molar-refractivity contribution in [3.8, 4) is 0 Å². The van der Waals surface area contributed by atoms with Crippen LogP contribution in [0.5, 0.6) is 0 Å². The molecule has 0 radical (unpaired) electrons. The molecule has 0 heterocycles. The Morgan fingerprint density at radius 2 is 1.81 bits per heavy atom. The molecule has 4 nitrogen and oxygen atoms in total. The van der Waals surface area contributed by atoms with E-state index in [2.05, 4.69) is 5.32 Å². The zero-order valence-electron chi connectivity index (χ0n) is 13.3. The molecule has 2 saturated carbocycles. The molecule has 124 valence electrons. The van der Waals surface area contributed by atoms with Crippen LogP contribution in [0.15, 0.2) is 0 Å². The number of halogens is 1. The van der Waals surface area contributed by atoms with Gasteiger partial charge in [-0.15, -0.1) is 12.4 Å². The van der Waals surface area contributed by atoms with E-state index in [4.69, 9.17) is 10.5 Å². The van der Waals surface area contributed by atoms with Crippen LogP contribution in [0.3, 0.4) is 0 Å². The fourth-order valence-corrected chi connectivity index (χ4v) is 3.45. The Hall–Kier alpha value is -0.320. The molecule has 0 atom stereocenters. The van der Waals surface area contributed by atoms with Crippen LogP contribution in [0.2, 0.25) is 0 Å². The first kappa shape index (κ1) is 18.7. The van der Waals surface area contributed by atoms with E-state index in [0.29, 0.717) is 18.4 Å². The molecule has 0 unspecified atom stereocenters. The van der Waals surface area contributed by atoms with Crippen molar-refractivity contribution >= 4 is 18.3 Å². The lowest BCUT2D eigenvalue weighted by atomic mass is 9.71. The number of carbonyl (C=O) groups excluding carboxylic acids is 1. The molecule has 0 aromatic rings. The molecular weight excluding hydrogens is 288 g/mol. The van der Waals surface area contributed by atoms with Crippen molar-refractivity contribution in [3.05, 3.63) is 0 Å². The smallest absolute Gasteiger partial charge is 0.220 e. The number of methoxy groups -OCH3 is 1. The molecule has 0 aliphatic heterocycles. The first-order chi connectivity index (χ1) is 9.64. The second-order valence-electron chi connectivity index (χ2n) is 6.96. The van der Waals surface area contributed by atoms with Gasteiger partial charge in [0.15, 0.2) is 0 Å². The number of carbonyl (C=O) groups is 1. The average molecular weight is 319 g/mol. The van der Waals surface area contributed by atoms with E-state index in [-0.39, 0.29) is 23.7 Å².